The van der Waals surface area contributed by atoms with E-state index in [1.807, 2.05) is 0 Å². The van der Waals surface area contributed by atoms with E-state index in [9.17, 15) is 24.3 Å². The maximum absolute atomic E-state index is 12.9. The molecule has 2 heterocycles. The van der Waals surface area contributed by atoms with Gasteiger partial charge in [0.15, 0.2) is 6.04 Å². The third-order valence-electron chi connectivity index (χ3n) is 6.35. The van der Waals surface area contributed by atoms with E-state index >= 15 is 0 Å². The molecule has 0 spiro atoms. The summed E-state index contributed by atoms with van der Waals surface area (Å²) in [5, 5.41) is 12.4. The average Bonchev–Trinajstić information content (AvgIpc) is 2.77. The molecule has 11 nitrogen and oxygen atoms in total. The molecule has 3 rings (SSSR count). The molecule has 0 aromatic rings. The number of hydrogen-bond donors (Lipinski definition) is 3. The lowest BCUT2D eigenvalue weighted by Gasteiger charge is -2.46. The topological polar surface area (TPSA) is 146 Å². The number of ether oxygens (including phenoxy) is 1. The summed E-state index contributed by atoms with van der Waals surface area (Å²) in [5.41, 5.74) is 5.42. The van der Waals surface area contributed by atoms with Crippen LogP contribution in [0.25, 0.3) is 0 Å². The zero-order valence-corrected chi connectivity index (χ0v) is 18.3. The summed E-state index contributed by atoms with van der Waals surface area (Å²) in [4.78, 5) is 53.3. The number of carboxylic acid groups (broad SMARTS) is 1. The van der Waals surface area contributed by atoms with Gasteiger partial charge < -0.3 is 30.7 Å². The van der Waals surface area contributed by atoms with Crippen LogP contribution in [0.1, 0.15) is 44.9 Å². The number of nitrogens with two attached hydrogens (primary N) is 1. The number of urea groups is 1. The number of piperazine rings is 1. The predicted molar refractivity (Wildman–Crippen MR) is 114 cm³/mol. The van der Waals surface area contributed by atoms with Crippen molar-refractivity contribution in [2.24, 2.45) is 11.7 Å². The van der Waals surface area contributed by atoms with Gasteiger partial charge in [0, 0.05) is 32.7 Å². The van der Waals surface area contributed by atoms with Crippen LogP contribution in [0.5, 0.6) is 0 Å². The second-order valence-electron chi connectivity index (χ2n) is 8.59. The number of carbonyl (C=O) groups excluding carboxylic acids is 3. The first-order chi connectivity index (χ1) is 15.3. The molecular weight excluding hydrogens is 418 g/mol. The fourth-order valence-electron chi connectivity index (χ4n) is 4.53. The lowest BCUT2D eigenvalue weighted by Crippen LogP contribution is -2.69. The molecule has 1 saturated carbocycles. The normalized spacial score (nSPS) is 24.0. The quantitative estimate of drug-likeness (QED) is 0.382. The second kappa shape index (κ2) is 10.6. The molecule has 11 heteroatoms. The summed E-state index contributed by atoms with van der Waals surface area (Å²) in [6.07, 6.45) is 5.51. The molecule has 2 aliphatic heterocycles. The fraction of sp³-hybridized carbons (Fsp3) is 0.714. The third-order valence-corrected chi connectivity index (χ3v) is 6.35. The molecule has 4 N–H and O–H groups in total. The second-order valence-corrected chi connectivity index (χ2v) is 8.59. The van der Waals surface area contributed by atoms with Crippen LogP contribution in [0.15, 0.2) is 12.4 Å². The molecule has 32 heavy (non-hydrogen) atoms. The number of rotatable bonds is 7. The summed E-state index contributed by atoms with van der Waals surface area (Å²) < 4.78 is 5.57. The van der Waals surface area contributed by atoms with E-state index in [0.29, 0.717) is 25.2 Å². The number of amides is 4. The fourth-order valence-corrected chi connectivity index (χ4v) is 4.53. The summed E-state index contributed by atoms with van der Waals surface area (Å²) in [5.74, 6) is -2.11. The van der Waals surface area contributed by atoms with Gasteiger partial charge in [0.1, 0.15) is 6.10 Å². The Labute approximate surface area is 187 Å². The minimum Gasteiger partial charge on any atom is -0.480 e. The summed E-state index contributed by atoms with van der Waals surface area (Å²) >= 11 is 0. The van der Waals surface area contributed by atoms with Gasteiger partial charge in [-0.1, -0.05) is 13.0 Å². The number of nitrogens with one attached hydrogen (secondary N) is 1. The van der Waals surface area contributed by atoms with Crippen LogP contribution in [0.3, 0.4) is 0 Å². The minimum absolute atomic E-state index is 0.0407. The van der Waals surface area contributed by atoms with Gasteiger partial charge in [-0.15, -0.1) is 0 Å². The molecule has 0 aromatic heterocycles. The number of nitrogens with zero attached hydrogens (tertiary/aromatic N) is 3. The number of imide groups is 1. The van der Waals surface area contributed by atoms with Crippen molar-refractivity contribution in [2.45, 2.75) is 57.1 Å². The standard InChI is InChI=1S/C21H33N5O6/c1-14(22)23-9-5-8-16-17(19(28)29)26(18(16)27)20(30)24-10-12-25(13-11-24)21(31)32-15-6-3-2-4-7-15/h15-17,23H,1-13,22H2,(H,28,29)/t16-,17?/m1/s1. The van der Waals surface area contributed by atoms with Gasteiger partial charge in [-0.2, -0.15) is 0 Å². The van der Waals surface area contributed by atoms with Crippen molar-refractivity contribution < 1.29 is 29.0 Å². The van der Waals surface area contributed by atoms with Gasteiger partial charge in [-0.3, -0.25) is 4.79 Å². The van der Waals surface area contributed by atoms with Crippen molar-refractivity contribution in [3.8, 4) is 0 Å². The lowest BCUT2D eigenvalue weighted by molar-refractivity contribution is -0.167. The number of aliphatic carboxylic acids is 1. The molecule has 0 aromatic carbocycles. The highest BCUT2D eigenvalue weighted by atomic mass is 16.6. The Bertz CT molecular complexity index is 745. The number of carbonyl (C=O) groups is 4. The van der Waals surface area contributed by atoms with Crippen molar-refractivity contribution in [3.05, 3.63) is 12.4 Å². The maximum atomic E-state index is 12.9. The first-order valence-electron chi connectivity index (χ1n) is 11.3. The van der Waals surface area contributed by atoms with E-state index in [0.717, 1.165) is 30.6 Å². The van der Waals surface area contributed by atoms with Crippen molar-refractivity contribution in [2.75, 3.05) is 32.7 Å². The number of β-lactam (4-membered cyclic amide) rings is 1. The Morgan fingerprint density at radius 1 is 1.09 bits per heavy atom. The van der Waals surface area contributed by atoms with Gasteiger partial charge >= 0.3 is 18.1 Å². The average molecular weight is 452 g/mol. The maximum Gasteiger partial charge on any atom is 0.410 e. The van der Waals surface area contributed by atoms with Gasteiger partial charge in [-0.05, 0) is 38.5 Å². The molecule has 0 bridgehead atoms. The molecule has 1 aliphatic carbocycles. The Hall–Kier alpha value is -2.98. The Morgan fingerprint density at radius 3 is 2.31 bits per heavy atom. The van der Waals surface area contributed by atoms with Crippen molar-refractivity contribution in [1.82, 2.24) is 20.0 Å². The highest BCUT2D eigenvalue weighted by Crippen LogP contribution is 2.32. The van der Waals surface area contributed by atoms with Gasteiger partial charge in [0.2, 0.25) is 5.91 Å². The molecule has 3 fully saturated rings. The number of carboxylic acids is 1. The Balaban J connectivity index is 1.48. The highest BCUT2D eigenvalue weighted by Gasteiger charge is 2.55. The molecule has 2 saturated heterocycles. The third kappa shape index (κ3) is 5.43. The molecule has 4 amide bonds. The van der Waals surface area contributed by atoms with Crippen molar-refractivity contribution in [1.29, 1.82) is 0 Å². The molecular formula is C21H33N5O6. The van der Waals surface area contributed by atoms with Crippen LogP contribution in [-0.2, 0) is 14.3 Å². The van der Waals surface area contributed by atoms with Gasteiger partial charge in [-0.25, -0.2) is 19.3 Å². The molecule has 0 radical (unpaired) electrons. The first-order valence-corrected chi connectivity index (χ1v) is 11.3. The predicted octanol–water partition coefficient (Wildman–Crippen LogP) is 0.905. The smallest absolute Gasteiger partial charge is 0.410 e. The Kier molecular flexibility index (Phi) is 7.81. The van der Waals surface area contributed by atoms with Crippen molar-refractivity contribution in [3.63, 3.8) is 0 Å². The SMILES string of the molecule is C=C(N)NCCC[C@H]1C(=O)N(C(=O)N2CCN(C(=O)OC3CCCCC3)CC2)C1C(=O)O. The number of likely N-dealkylation sites (tertiary alicyclic amines) is 1. The van der Waals surface area contributed by atoms with E-state index in [2.05, 4.69) is 11.9 Å². The van der Waals surface area contributed by atoms with Crippen LogP contribution in [0, 0.1) is 5.92 Å². The zero-order chi connectivity index (χ0) is 23.3. The van der Waals surface area contributed by atoms with Crippen LogP contribution >= 0.6 is 0 Å². The molecule has 178 valence electrons. The summed E-state index contributed by atoms with van der Waals surface area (Å²) in [7, 11) is 0. The van der Waals surface area contributed by atoms with Crippen LogP contribution in [0.4, 0.5) is 9.59 Å². The van der Waals surface area contributed by atoms with Crippen molar-refractivity contribution >= 4 is 24.0 Å². The van der Waals surface area contributed by atoms with Crippen LogP contribution in [0.2, 0.25) is 0 Å². The Morgan fingerprint density at radius 2 is 1.72 bits per heavy atom. The number of hydrogen-bond acceptors (Lipinski definition) is 7. The molecule has 3 aliphatic rings. The molecule has 1 unspecified atom stereocenters. The van der Waals surface area contributed by atoms with E-state index in [-0.39, 0.29) is 38.4 Å². The first kappa shape index (κ1) is 23.7. The minimum atomic E-state index is -1.20. The van der Waals surface area contributed by atoms with E-state index < -0.39 is 29.9 Å². The highest BCUT2D eigenvalue weighted by molar-refractivity contribution is 6.07. The zero-order valence-electron chi connectivity index (χ0n) is 18.3. The van der Waals surface area contributed by atoms with Gasteiger partial charge in [0.05, 0.1) is 11.7 Å². The molecule has 2 atom stereocenters. The lowest BCUT2D eigenvalue weighted by atomic mass is 9.83. The van der Waals surface area contributed by atoms with Gasteiger partial charge in [0.25, 0.3) is 0 Å². The monoisotopic (exact) mass is 451 g/mol. The van der Waals surface area contributed by atoms with Crippen LogP contribution in [-0.4, -0.2) is 88.7 Å². The van der Waals surface area contributed by atoms with E-state index in [1.165, 1.54) is 11.3 Å². The summed E-state index contributed by atoms with van der Waals surface area (Å²) in [6, 6.07) is -1.79. The largest absolute Gasteiger partial charge is 0.480 e. The summed E-state index contributed by atoms with van der Waals surface area (Å²) in [6.45, 7) is 5.00. The van der Waals surface area contributed by atoms with Crippen LogP contribution < -0.4 is 11.1 Å². The van der Waals surface area contributed by atoms with E-state index in [1.54, 1.807) is 4.90 Å². The van der Waals surface area contributed by atoms with E-state index in [4.69, 9.17) is 10.5 Å².